The van der Waals surface area contributed by atoms with E-state index in [0.717, 1.165) is 19.4 Å². The summed E-state index contributed by atoms with van der Waals surface area (Å²) in [4.78, 5) is 2.79. The molecule has 3 heteroatoms. The summed E-state index contributed by atoms with van der Waals surface area (Å²) in [7, 11) is 0. The summed E-state index contributed by atoms with van der Waals surface area (Å²) in [6.45, 7) is 7.74. The largest absolute Gasteiger partial charge is 0.309 e. The first-order chi connectivity index (χ1) is 10.2. The lowest BCUT2D eigenvalue weighted by atomic mass is 9.88. The summed E-state index contributed by atoms with van der Waals surface area (Å²) in [5.74, 6) is 0.507. The molecule has 0 radical (unpaired) electrons. The molecule has 0 fully saturated rings. The van der Waals surface area contributed by atoms with Crippen LogP contribution in [-0.2, 0) is 0 Å². The minimum absolute atomic E-state index is 0.380. The third-order valence-corrected chi connectivity index (χ3v) is 5.86. The molecule has 2 aromatic rings. The molecule has 0 aliphatic heterocycles. The maximum absolute atomic E-state index is 3.77. The molecule has 0 aliphatic carbocycles. The molecule has 2 atom stereocenters. The molecule has 0 aliphatic rings. The molecule has 1 aromatic heterocycles. The van der Waals surface area contributed by atoms with Crippen LogP contribution < -0.4 is 5.32 Å². The fourth-order valence-electron chi connectivity index (χ4n) is 2.79. The fraction of sp³-hybridized carbons (Fsp3) is 0.444. The minimum Gasteiger partial charge on any atom is -0.309 e. The first kappa shape index (κ1) is 16.7. The van der Waals surface area contributed by atoms with E-state index in [9.17, 15) is 0 Å². The van der Waals surface area contributed by atoms with Crippen molar-refractivity contribution >= 4 is 27.3 Å². The number of nitrogens with one attached hydrogen (secondary N) is 1. The maximum Gasteiger partial charge on any atom is 0.0495 e. The van der Waals surface area contributed by atoms with Crippen LogP contribution in [0.1, 0.15) is 54.0 Å². The first-order valence-corrected chi connectivity index (χ1v) is 9.32. The Morgan fingerprint density at radius 1 is 1.19 bits per heavy atom. The zero-order valence-electron chi connectivity index (χ0n) is 13.0. The van der Waals surface area contributed by atoms with Gasteiger partial charge in [0.15, 0.2) is 0 Å². The highest BCUT2D eigenvalue weighted by atomic mass is 79.9. The van der Waals surface area contributed by atoms with Crippen molar-refractivity contribution in [2.45, 2.75) is 45.6 Å². The van der Waals surface area contributed by atoms with Gasteiger partial charge in [-0.2, -0.15) is 0 Å². The van der Waals surface area contributed by atoms with Crippen molar-refractivity contribution < 1.29 is 0 Å². The molecule has 2 rings (SSSR count). The van der Waals surface area contributed by atoms with Crippen LogP contribution in [0.4, 0.5) is 0 Å². The Kier molecular flexibility index (Phi) is 6.46. The number of rotatable bonds is 7. The van der Waals surface area contributed by atoms with Crippen LogP contribution in [0.15, 0.2) is 40.9 Å². The van der Waals surface area contributed by atoms with Crippen molar-refractivity contribution in [1.82, 2.24) is 5.32 Å². The number of hydrogen-bond acceptors (Lipinski definition) is 2. The van der Waals surface area contributed by atoms with E-state index in [4.69, 9.17) is 0 Å². The Balaban J connectivity index is 2.36. The van der Waals surface area contributed by atoms with E-state index >= 15 is 0 Å². The molecule has 1 nitrogen and oxygen atoms in total. The Labute approximate surface area is 140 Å². The van der Waals surface area contributed by atoms with Gasteiger partial charge in [0.05, 0.1) is 0 Å². The summed E-state index contributed by atoms with van der Waals surface area (Å²) >= 11 is 5.65. The summed E-state index contributed by atoms with van der Waals surface area (Å²) in [5, 5.41) is 3.77. The Bertz CT molecular complexity index is 550. The number of thiophene rings is 1. The van der Waals surface area contributed by atoms with Gasteiger partial charge in [0.2, 0.25) is 0 Å². The van der Waals surface area contributed by atoms with Gasteiger partial charge in [-0.05, 0) is 53.9 Å². The Morgan fingerprint density at radius 3 is 2.43 bits per heavy atom. The monoisotopic (exact) mass is 365 g/mol. The summed E-state index contributed by atoms with van der Waals surface area (Å²) in [6.07, 6.45) is 2.29. The minimum atomic E-state index is 0.380. The molecular formula is C18H24BrNS. The molecule has 1 aromatic carbocycles. The highest BCUT2D eigenvalue weighted by molar-refractivity contribution is 9.10. The zero-order valence-corrected chi connectivity index (χ0v) is 15.4. The van der Waals surface area contributed by atoms with Crippen LogP contribution in [0.25, 0.3) is 0 Å². The average Bonchev–Trinajstić information content (AvgIpc) is 2.83. The van der Waals surface area contributed by atoms with E-state index in [1.54, 1.807) is 0 Å². The lowest BCUT2D eigenvalue weighted by Crippen LogP contribution is -2.27. The van der Waals surface area contributed by atoms with Crippen LogP contribution in [-0.4, -0.2) is 6.54 Å². The lowest BCUT2D eigenvalue weighted by Gasteiger charge is -2.27. The maximum atomic E-state index is 3.77. The van der Waals surface area contributed by atoms with Gasteiger partial charge in [0.25, 0.3) is 0 Å². The lowest BCUT2D eigenvalue weighted by molar-refractivity contribution is 0.440. The van der Waals surface area contributed by atoms with Crippen LogP contribution in [0, 0.1) is 6.92 Å². The van der Waals surface area contributed by atoms with Crippen LogP contribution in [0.3, 0.4) is 0 Å². The van der Waals surface area contributed by atoms with Gasteiger partial charge in [0.1, 0.15) is 0 Å². The van der Waals surface area contributed by atoms with E-state index in [-0.39, 0.29) is 0 Å². The van der Waals surface area contributed by atoms with E-state index in [2.05, 4.69) is 78.4 Å². The SMILES string of the molecule is CCCNC(c1sc(C)cc1Br)C(CC)c1ccccc1. The van der Waals surface area contributed by atoms with E-state index < -0.39 is 0 Å². The van der Waals surface area contributed by atoms with Gasteiger partial charge < -0.3 is 5.32 Å². The molecule has 114 valence electrons. The van der Waals surface area contributed by atoms with Crippen molar-refractivity contribution in [1.29, 1.82) is 0 Å². The second-order valence-corrected chi connectivity index (χ2v) is 7.57. The normalized spacial score (nSPS) is 14.1. The first-order valence-electron chi connectivity index (χ1n) is 7.71. The van der Waals surface area contributed by atoms with Crippen molar-refractivity contribution in [3.05, 3.63) is 56.2 Å². The number of hydrogen-bond donors (Lipinski definition) is 1. The summed E-state index contributed by atoms with van der Waals surface area (Å²) < 4.78 is 1.24. The van der Waals surface area contributed by atoms with Crippen molar-refractivity contribution in [3.63, 3.8) is 0 Å². The van der Waals surface area contributed by atoms with Gasteiger partial charge >= 0.3 is 0 Å². The Hall–Kier alpha value is -0.640. The average molecular weight is 366 g/mol. The molecule has 2 unspecified atom stereocenters. The van der Waals surface area contributed by atoms with Crippen molar-refractivity contribution in [3.8, 4) is 0 Å². The fourth-order valence-corrected chi connectivity index (χ4v) is 4.83. The molecule has 1 N–H and O–H groups in total. The van der Waals surface area contributed by atoms with Gasteiger partial charge in [-0.15, -0.1) is 11.3 Å². The van der Waals surface area contributed by atoms with Gasteiger partial charge in [-0.25, -0.2) is 0 Å². The topological polar surface area (TPSA) is 12.0 Å². The summed E-state index contributed by atoms with van der Waals surface area (Å²) in [5.41, 5.74) is 1.42. The van der Waals surface area contributed by atoms with Crippen LogP contribution in [0.5, 0.6) is 0 Å². The molecule has 1 heterocycles. The predicted octanol–water partition coefficient (Wildman–Crippen LogP) is 6.05. The zero-order chi connectivity index (χ0) is 15.2. The molecule has 21 heavy (non-hydrogen) atoms. The van der Waals surface area contributed by atoms with Crippen molar-refractivity contribution in [2.24, 2.45) is 0 Å². The summed E-state index contributed by atoms with van der Waals surface area (Å²) in [6, 6.07) is 13.5. The quantitative estimate of drug-likeness (QED) is 0.629. The molecule has 0 saturated heterocycles. The van der Waals surface area contributed by atoms with Gasteiger partial charge in [-0.3, -0.25) is 0 Å². The number of aryl methyl sites for hydroxylation is 1. The van der Waals surface area contributed by atoms with E-state index in [1.165, 1.54) is 19.8 Å². The molecular weight excluding hydrogens is 342 g/mol. The predicted molar refractivity (Wildman–Crippen MR) is 97.3 cm³/mol. The molecule has 0 saturated carbocycles. The van der Waals surface area contributed by atoms with Crippen molar-refractivity contribution in [2.75, 3.05) is 6.54 Å². The number of halogens is 1. The highest BCUT2D eigenvalue weighted by Gasteiger charge is 2.26. The van der Waals surface area contributed by atoms with Crippen LogP contribution >= 0.6 is 27.3 Å². The van der Waals surface area contributed by atoms with Gasteiger partial charge in [-0.1, -0.05) is 44.2 Å². The Morgan fingerprint density at radius 2 is 1.90 bits per heavy atom. The van der Waals surface area contributed by atoms with Crippen LogP contribution in [0.2, 0.25) is 0 Å². The molecule has 0 amide bonds. The molecule has 0 spiro atoms. The number of benzene rings is 1. The van der Waals surface area contributed by atoms with Gasteiger partial charge in [0, 0.05) is 26.2 Å². The smallest absolute Gasteiger partial charge is 0.0495 e. The highest BCUT2D eigenvalue weighted by Crippen LogP contribution is 2.41. The standard InChI is InChI=1S/C18H24BrNS/c1-4-11-20-17(18-16(19)12-13(3)21-18)15(5-2)14-9-7-6-8-10-14/h6-10,12,15,17,20H,4-5,11H2,1-3H3. The third-order valence-electron chi connectivity index (χ3n) is 3.80. The van der Waals surface area contributed by atoms with E-state index in [1.807, 2.05) is 11.3 Å². The molecule has 0 bridgehead atoms. The second-order valence-electron chi connectivity index (χ2n) is 5.43. The third kappa shape index (κ3) is 4.18. The van der Waals surface area contributed by atoms with E-state index in [0.29, 0.717) is 12.0 Å². The second kappa shape index (κ2) is 8.11.